The maximum absolute atomic E-state index is 8.59. The summed E-state index contributed by atoms with van der Waals surface area (Å²) in [7, 11) is 0. The third kappa shape index (κ3) is 2.72. The monoisotopic (exact) mass is 232 g/mol. The number of aryl methyl sites for hydroxylation is 1. The Balaban J connectivity index is 2.08. The van der Waals surface area contributed by atoms with Gasteiger partial charge in [0.15, 0.2) is 0 Å². The second-order valence-corrected chi connectivity index (χ2v) is 4.47. The summed E-state index contributed by atoms with van der Waals surface area (Å²) in [6, 6.07) is 2.03. The quantitative estimate of drug-likeness (QED) is 0.799. The topological polar surface area (TPSA) is 38.0 Å². The zero-order chi connectivity index (χ0) is 11.4. The summed E-state index contributed by atoms with van der Waals surface area (Å²) in [5.74, 6) is 5.52. The molecule has 0 saturated carbocycles. The van der Waals surface area contributed by atoms with Crippen molar-refractivity contribution in [3.05, 3.63) is 39.8 Å². The van der Waals surface area contributed by atoms with Crippen LogP contribution in [0.15, 0.2) is 23.8 Å². The van der Waals surface area contributed by atoms with Crippen LogP contribution in [-0.4, -0.2) is 21.5 Å². The highest BCUT2D eigenvalue weighted by atomic mass is 32.1. The van der Waals surface area contributed by atoms with E-state index in [-0.39, 0.29) is 6.61 Å². The van der Waals surface area contributed by atoms with Crippen LogP contribution >= 0.6 is 11.3 Å². The second kappa shape index (κ2) is 4.97. The minimum absolute atomic E-state index is 0.0937. The van der Waals surface area contributed by atoms with Crippen molar-refractivity contribution in [2.24, 2.45) is 0 Å². The van der Waals surface area contributed by atoms with Gasteiger partial charge in [0, 0.05) is 22.0 Å². The first kappa shape index (κ1) is 10.9. The highest BCUT2D eigenvalue weighted by Gasteiger charge is 2.00. The first-order valence-electron chi connectivity index (χ1n) is 4.94. The molecule has 0 fully saturated rings. The van der Waals surface area contributed by atoms with Gasteiger partial charge in [0.05, 0.1) is 12.7 Å². The molecule has 0 atom stereocenters. The van der Waals surface area contributed by atoms with E-state index in [9.17, 15) is 0 Å². The van der Waals surface area contributed by atoms with E-state index in [1.165, 1.54) is 4.88 Å². The average Bonchev–Trinajstić information content (AvgIpc) is 2.86. The highest BCUT2D eigenvalue weighted by molar-refractivity contribution is 7.10. The molecule has 0 radical (unpaired) electrons. The normalized spacial score (nSPS) is 9.88. The largest absolute Gasteiger partial charge is 0.384 e. The fraction of sp³-hybridized carbons (Fsp3) is 0.250. The Kier molecular flexibility index (Phi) is 3.40. The van der Waals surface area contributed by atoms with Crippen molar-refractivity contribution in [3.8, 4) is 11.8 Å². The predicted octanol–water partition coefficient (Wildman–Crippen LogP) is 1.65. The minimum atomic E-state index is -0.0937. The smallest absolute Gasteiger partial charge is 0.104 e. The first-order chi connectivity index (χ1) is 7.78. The van der Waals surface area contributed by atoms with Crippen LogP contribution in [0, 0.1) is 18.8 Å². The summed E-state index contributed by atoms with van der Waals surface area (Å²) in [6.07, 6.45) is 3.86. The molecule has 0 aliphatic carbocycles. The molecule has 0 spiro atoms. The fourth-order valence-corrected chi connectivity index (χ4v) is 2.19. The number of rotatable bonds is 2. The Morgan fingerprint density at radius 3 is 3.12 bits per heavy atom. The molecule has 1 N–H and O–H groups in total. The lowest BCUT2D eigenvalue weighted by Crippen LogP contribution is -1.97. The maximum Gasteiger partial charge on any atom is 0.104 e. The average molecular weight is 232 g/mol. The van der Waals surface area contributed by atoms with E-state index >= 15 is 0 Å². The van der Waals surface area contributed by atoms with E-state index in [1.807, 2.05) is 35.4 Å². The molecule has 0 aromatic carbocycles. The summed E-state index contributed by atoms with van der Waals surface area (Å²) in [4.78, 5) is 1.21. The standard InChI is InChI=1S/C12H12N2OS/c1-10-6-13-14(7-10)8-12-5-11(9-16-12)3-2-4-15/h5-7,9,15H,4,8H2,1H3. The molecular formula is C12H12N2OS. The van der Waals surface area contributed by atoms with Gasteiger partial charge in [0.25, 0.3) is 0 Å². The van der Waals surface area contributed by atoms with Crippen molar-refractivity contribution in [2.75, 3.05) is 6.61 Å². The van der Waals surface area contributed by atoms with Crippen molar-refractivity contribution in [3.63, 3.8) is 0 Å². The molecule has 0 bridgehead atoms. The van der Waals surface area contributed by atoms with Crippen LogP contribution in [0.25, 0.3) is 0 Å². The van der Waals surface area contributed by atoms with Gasteiger partial charge < -0.3 is 5.11 Å². The lowest BCUT2D eigenvalue weighted by Gasteiger charge is -1.96. The third-order valence-electron chi connectivity index (χ3n) is 2.05. The van der Waals surface area contributed by atoms with E-state index in [2.05, 4.69) is 16.9 Å². The fourth-order valence-electron chi connectivity index (χ4n) is 1.38. The molecule has 3 nitrogen and oxygen atoms in total. The molecule has 2 aromatic heterocycles. The van der Waals surface area contributed by atoms with Gasteiger partial charge in [-0.05, 0) is 18.6 Å². The first-order valence-corrected chi connectivity index (χ1v) is 5.82. The Bertz CT molecular complexity index is 530. The van der Waals surface area contributed by atoms with Crippen LogP contribution < -0.4 is 0 Å². The minimum Gasteiger partial charge on any atom is -0.384 e. The number of aliphatic hydroxyl groups is 1. The Hall–Kier alpha value is -1.57. The Morgan fingerprint density at radius 1 is 1.56 bits per heavy atom. The summed E-state index contributed by atoms with van der Waals surface area (Å²) < 4.78 is 1.91. The molecule has 0 aliphatic rings. The van der Waals surface area contributed by atoms with E-state index in [1.54, 1.807) is 11.3 Å². The van der Waals surface area contributed by atoms with Crippen LogP contribution in [0.4, 0.5) is 0 Å². The Morgan fingerprint density at radius 2 is 2.44 bits per heavy atom. The third-order valence-corrected chi connectivity index (χ3v) is 2.97. The number of hydrogen-bond donors (Lipinski definition) is 1. The number of nitrogens with zero attached hydrogens (tertiary/aromatic N) is 2. The molecule has 0 unspecified atom stereocenters. The van der Waals surface area contributed by atoms with Gasteiger partial charge >= 0.3 is 0 Å². The van der Waals surface area contributed by atoms with Crippen molar-refractivity contribution >= 4 is 11.3 Å². The van der Waals surface area contributed by atoms with Gasteiger partial charge in [-0.15, -0.1) is 11.3 Å². The maximum atomic E-state index is 8.59. The lowest BCUT2D eigenvalue weighted by atomic mass is 10.3. The molecular weight excluding hydrogens is 220 g/mol. The Labute approximate surface area is 98.4 Å². The van der Waals surface area contributed by atoms with Crippen LogP contribution in [0.3, 0.4) is 0 Å². The molecule has 2 rings (SSSR count). The van der Waals surface area contributed by atoms with Crippen molar-refractivity contribution in [1.29, 1.82) is 0 Å². The molecule has 16 heavy (non-hydrogen) atoms. The van der Waals surface area contributed by atoms with Gasteiger partial charge in [-0.25, -0.2) is 0 Å². The second-order valence-electron chi connectivity index (χ2n) is 3.48. The zero-order valence-corrected chi connectivity index (χ0v) is 9.79. The van der Waals surface area contributed by atoms with Crippen molar-refractivity contribution in [1.82, 2.24) is 9.78 Å². The number of aliphatic hydroxyl groups excluding tert-OH is 1. The number of thiophene rings is 1. The van der Waals surface area contributed by atoms with E-state index in [4.69, 9.17) is 5.11 Å². The summed E-state index contributed by atoms with van der Waals surface area (Å²) in [6.45, 7) is 2.71. The summed E-state index contributed by atoms with van der Waals surface area (Å²) in [5, 5.41) is 14.8. The summed E-state index contributed by atoms with van der Waals surface area (Å²) in [5.41, 5.74) is 2.12. The van der Waals surface area contributed by atoms with Crippen molar-refractivity contribution in [2.45, 2.75) is 13.5 Å². The lowest BCUT2D eigenvalue weighted by molar-refractivity contribution is 0.350. The molecule has 0 aliphatic heterocycles. The van der Waals surface area contributed by atoms with Crippen molar-refractivity contribution < 1.29 is 5.11 Å². The van der Waals surface area contributed by atoms with Crippen LogP contribution in [0.1, 0.15) is 16.0 Å². The van der Waals surface area contributed by atoms with Gasteiger partial charge in [0.1, 0.15) is 6.61 Å². The highest BCUT2D eigenvalue weighted by Crippen LogP contribution is 2.15. The van der Waals surface area contributed by atoms with E-state index < -0.39 is 0 Å². The zero-order valence-electron chi connectivity index (χ0n) is 8.97. The van der Waals surface area contributed by atoms with Gasteiger partial charge in [-0.3, -0.25) is 4.68 Å². The van der Waals surface area contributed by atoms with Gasteiger partial charge in [0.2, 0.25) is 0 Å². The summed E-state index contributed by atoms with van der Waals surface area (Å²) >= 11 is 1.66. The predicted molar refractivity (Wildman–Crippen MR) is 64.3 cm³/mol. The SMILES string of the molecule is Cc1cnn(Cc2cc(C#CCO)cs2)c1. The molecule has 2 heterocycles. The molecule has 4 heteroatoms. The number of hydrogen-bond acceptors (Lipinski definition) is 3. The van der Waals surface area contributed by atoms with Crippen LogP contribution in [-0.2, 0) is 6.54 Å². The van der Waals surface area contributed by atoms with Gasteiger partial charge in [-0.1, -0.05) is 11.8 Å². The molecule has 0 saturated heterocycles. The van der Waals surface area contributed by atoms with E-state index in [0.29, 0.717) is 0 Å². The molecule has 2 aromatic rings. The van der Waals surface area contributed by atoms with Crippen LogP contribution in [0.2, 0.25) is 0 Å². The number of aromatic nitrogens is 2. The molecule has 0 amide bonds. The molecule has 82 valence electrons. The van der Waals surface area contributed by atoms with Gasteiger partial charge in [-0.2, -0.15) is 5.10 Å². The van der Waals surface area contributed by atoms with Crippen LogP contribution in [0.5, 0.6) is 0 Å². The van der Waals surface area contributed by atoms with E-state index in [0.717, 1.165) is 17.7 Å².